The minimum Gasteiger partial charge on any atom is -0.431 e. The second kappa shape index (κ2) is 9.14. The second-order valence-electron chi connectivity index (χ2n) is 7.97. The summed E-state index contributed by atoms with van der Waals surface area (Å²) in [4.78, 5) is 22.3. The Balaban J connectivity index is 1.63. The molecule has 0 atom stereocenters. The van der Waals surface area contributed by atoms with Gasteiger partial charge in [-0.1, -0.05) is 54.1 Å². The van der Waals surface area contributed by atoms with Gasteiger partial charge in [0.1, 0.15) is 11.5 Å². The van der Waals surface area contributed by atoms with E-state index in [1.165, 1.54) is 22.9 Å². The highest BCUT2D eigenvalue weighted by Crippen LogP contribution is 2.35. The Bertz CT molecular complexity index is 1760. The highest BCUT2D eigenvalue weighted by Gasteiger charge is 2.19. The van der Waals surface area contributed by atoms with E-state index in [9.17, 15) is 13.2 Å². The molecular weight excluding hydrogens is 500 g/mol. The van der Waals surface area contributed by atoms with Crippen LogP contribution in [0.15, 0.2) is 88.6 Å². The van der Waals surface area contributed by atoms with Crippen LogP contribution in [-0.4, -0.2) is 27.7 Å². The Kier molecular flexibility index (Phi) is 5.99. The van der Waals surface area contributed by atoms with Crippen LogP contribution < -0.4 is 10.9 Å². The van der Waals surface area contributed by atoms with E-state index in [2.05, 4.69) is 20.0 Å². The van der Waals surface area contributed by atoms with Crippen molar-refractivity contribution in [1.29, 1.82) is 0 Å². The third-order valence-corrected chi connectivity index (χ3v) is 7.15. The molecule has 0 saturated carbocycles. The summed E-state index contributed by atoms with van der Waals surface area (Å²) in [6.45, 7) is 1.77. The molecule has 0 aliphatic rings. The van der Waals surface area contributed by atoms with Gasteiger partial charge in [-0.25, -0.2) is 18.1 Å². The Hall–Kier alpha value is -4.15. The molecule has 11 heteroatoms. The molecular formula is C25H20ClN6O3S-. The summed E-state index contributed by atoms with van der Waals surface area (Å²) in [5.41, 5.74) is 2.15. The number of nitrogens with zero attached hydrogens (tertiary/aromatic N) is 5. The minimum absolute atomic E-state index is 0.0327. The SMILES string of the molecule is Cc1c(Nc2nc3ccccc3nc2[N-]S(=O)(=O)c2cccc(Cl)c2)c(=O)n(-c2ccccc2)n1C. The number of nitrogens with one attached hydrogen (secondary N) is 1. The molecule has 0 unspecified atom stereocenters. The lowest BCUT2D eigenvalue weighted by molar-refractivity contribution is 0.603. The van der Waals surface area contributed by atoms with Gasteiger partial charge in [-0.2, -0.15) is 0 Å². The molecule has 9 nitrogen and oxygen atoms in total. The summed E-state index contributed by atoms with van der Waals surface area (Å²) in [6, 6.07) is 22.0. The number of halogens is 1. The third kappa shape index (κ3) is 4.32. The Labute approximate surface area is 212 Å². The smallest absolute Gasteiger partial charge is 0.295 e. The third-order valence-electron chi connectivity index (χ3n) is 5.65. The Morgan fingerprint density at radius 1 is 0.917 bits per heavy atom. The van der Waals surface area contributed by atoms with Gasteiger partial charge in [0.15, 0.2) is 0 Å². The van der Waals surface area contributed by atoms with Crippen molar-refractivity contribution < 1.29 is 8.42 Å². The largest absolute Gasteiger partial charge is 0.431 e. The molecule has 0 amide bonds. The van der Waals surface area contributed by atoms with E-state index in [0.717, 1.165) is 0 Å². The molecule has 3 aromatic carbocycles. The first-order valence-electron chi connectivity index (χ1n) is 10.9. The fraction of sp³-hybridized carbons (Fsp3) is 0.0800. The van der Waals surface area contributed by atoms with Gasteiger partial charge in [0.2, 0.25) is 10.0 Å². The number of benzene rings is 3. The fourth-order valence-corrected chi connectivity index (χ4v) is 5.00. The van der Waals surface area contributed by atoms with Crippen LogP contribution in [0.4, 0.5) is 17.3 Å². The number of aromatic nitrogens is 4. The quantitative estimate of drug-likeness (QED) is 0.329. The van der Waals surface area contributed by atoms with Gasteiger partial charge in [0.25, 0.3) is 5.56 Å². The zero-order valence-corrected chi connectivity index (χ0v) is 20.8. The van der Waals surface area contributed by atoms with E-state index in [0.29, 0.717) is 22.4 Å². The standard InChI is InChI=1S/C25H20ClN6O3S/c1-16-22(25(33)32(31(16)2)18-10-4-3-5-11-18)29-23-24(28-21-14-7-6-13-20(21)27-23)30-36(34,35)19-12-8-9-17(26)15-19/h3-15H,1-2H3,(H-,27,28,29,30)/q-1. The monoisotopic (exact) mass is 519 g/mol. The number of rotatable bonds is 6. The number of hydrogen-bond acceptors (Lipinski definition) is 6. The Morgan fingerprint density at radius 2 is 1.58 bits per heavy atom. The average Bonchev–Trinajstić information content (AvgIpc) is 3.07. The maximum atomic E-state index is 13.4. The molecule has 2 heterocycles. The van der Waals surface area contributed by atoms with E-state index in [4.69, 9.17) is 11.6 Å². The predicted octanol–water partition coefficient (Wildman–Crippen LogP) is 5.22. The van der Waals surface area contributed by atoms with Crippen molar-refractivity contribution in [2.75, 3.05) is 5.32 Å². The predicted molar refractivity (Wildman–Crippen MR) is 140 cm³/mol. The lowest BCUT2D eigenvalue weighted by atomic mass is 10.3. The normalized spacial score (nSPS) is 11.5. The van der Waals surface area contributed by atoms with Crippen molar-refractivity contribution in [2.24, 2.45) is 7.05 Å². The topological polar surface area (TPSA) is 113 Å². The van der Waals surface area contributed by atoms with E-state index >= 15 is 0 Å². The maximum absolute atomic E-state index is 13.4. The number of anilines is 2. The van der Waals surface area contributed by atoms with Gasteiger partial charge in [-0.3, -0.25) is 9.48 Å². The fourth-order valence-electron chi connectivity index (χ4n) is 3.76. The molecule has 0 bridgehead atoms. The van der Waals surface area contributed by atoms with Crippen LogP contribution in [0.3, 0.4) is 0 Å². The lowest BCUT2D eigenvalue weighted by Crippen LogP contribution is -2.20. The van der Waals surface area contributed by atoms with E-state index in [-0.39, 0.29) is 32.8 Å². The highest BCUT2D eigenvalue weighted by molar-refractivity contribution is 7.94. The summed E-state index contributed by atoms with van der Waals surface area (Å²) in [5.74, 6) is -0.145. The van der Waals surface area contributed by atoms with Gasteiger partial charge in [0.05, 0.1) is 21.8 Å². The van der Waals surface area contributed by atoms with Gasteiger partial charge >= 0.3 is 0 Å². The average molecular weight is 520 g/mol. The molecule has 0 aliphatic carbocycles. The summed E-state index contributed by atoms with van der Waals surface area (Å²) in [6.07, 6.45) is 0. The summed E-state index contributed by atoms with van der Waals surface area (Å²) < 4.78 is 33.3. The van der Waals surface area contributed by atoms with Crippen molar-refractivity contribution in [1.82, 2.24) is 19.3 Å². The molecule has 1 N–H and O–H groups in total. The molecule has 0 aliphatic heterocycles. The first-order valence-corrected chi connectivity index (χ1v) is 12.7. The molecule has 0 fully saturated rings. The summed E-state index contributed by atoms with van der Waals surface area (Å²) >= 11 is 5.99. The molecule has 0 saturated heterocycles. The highest BCUT2D eigenvalue weighted by atomic mass is 35.5. The van der Waals surface area contributed by atoms with Crippen LogP contribution in [0.1, 0.15) is 5.69 Å². The first kappa shape index (κ1) is 23.6. The molecule has 2 aromatic heterocycles. The maximum Gasteiger partial charge on any atom is 0.295 e. The van der Waals surface area contributed by atoms with Crippen molar-refractivity contribution in [3.63, 3.8) is 0 Å². The lowest BCUT2D eigenvalue weighted by Gasteiger charge is -2.21. The van der Waals surface area contributed by atoms with Crippen molar-refractivity contribution in [3.05, 3.63) is 105 Å². The van der Waals surface area contributed by atoms with Crippen LogP contribution in [0.5, 0.6) is 0 Å². The van der Waals surface area contributed by atoms with Crippen LogP contribution in [-0.2, 0) is 17.1 Å². The van der Waals surface area contributed by atoms with E-state index in [1.54, 1.807) is 49.0 Å². The van der Waals surface area contributed by atoms with Crippen molar-refractivity contribution in [2.45, 2.75) is 11.8 Å². The van der Waals surface area contributed by atoms with Crippen molar-refractivity contribution in [3.8, 4) is 5.69 Å². The molecule has 0 spiro atoms. The molecule has 5 aromatic rings. The molecule has 0 radical (unpaired) electrons. The number of hydrogen-bond donors (Lipinski definition) is 1. The van der Waals surface area contributed by atoms with Crippen LogP contribution in [0.25, 0.3) is 21.4 Å². The van der Waals surface area contributed by atoms with Gasteiger partial charge in [-0.05, 0) is 54.7 Å². The van der Waals surface area contributed by atoms with Gasteiger partial charge < -0.3 is 15.0 Å². The number of fused-ring (bicyclic) bond motifs is 1. The zero-order valence-electron chi connectivity index (χ0n) is 19.3. The first-order chi connectivity index (χ1) is 17.2. The van der Waals surface area contributed by atoms with Crippen molar-refractivity contribution >= 4 is 50.0 Å². The van der Waals surface area contributed by atoms with Crippen LogP contribution in [0.2, 0.25) is 5.02 Å². The van der Waals surface area contributed by atoms with Crippen LogP contribution >= 0.6 is 11.6 Å². The zero-order chi connectivity index (χ0) is 25.4. The second-order valence-corrected chi connectivity index (χ2v) is 10.0. The summed E-state index contributed by atoms with van der Waals surface area (Å²) in [5, 5.41) is 3.27. The Morgan fingerprint density at radius 3 is 2.28 bits per heavy atom. The number of para-hydroxylation sites is 3. The van der Waals surface area contributed by atoms with Crippen LogP contribution in [0, 0.1) is 6.92 Å². The van der Waals surface area contributed by atoms with E-state index in [1.807, 2.05) is 30.3 Å². The molecule has 5 rings (SSSR count). The minimum atomic E-state index is -4.18. The molecule has 182 valence electrons. The van der Waals surface area contributed by atoms with Gasteiger partial charge in [0, 0.05) is 12.1 Å². The number of sulfonamides is 1. The molecule has 36 heavy (non-hydrogen) atoms. The summed E-state index contributed by atoms with van der Waals surface area (Å²) in [7, 11) is -2.42. The van der Waals surface area contributed by atoms with Gasteiger partial charge in [-0.15, -0.1) is 0 Å². The van der Waals surface area contributed by atoms with E-state index < -0.39 is 10.0 Å².